The molecule has 2 amide bonds. The van der Waals surface area contributed by atoms with Crippen molar-refractivity contribution in [1.82, 2.24) is 5.32 Å². The van der Waals surface area contributed by atoms with Crippen LogP contribution in [0, 0.1) is 0 Å². The molecular weight excluding hydrogens is 412 g/mol. The molecule has 0 saturated heterocycles. The first kappa shape index (κ1) is 18.4. The zero-order valence-electron chi connectivity index (χ0n) is 14.1. The van der Waals surface area contributed by atoms with Crippen LogP contribution in [0.2, 0.25) is 0 Å². The van der Waals surface area contributed by atoms with Gasteiger partial charge in [0.1, 0.15) is 0 Å². The van der Waals surface area contributed by atoms with Gasteiger partial charge in [-0.15, -0.1) is 11.3 Å². The Labute approximate surface area is 164 Å². The minimum absolute atomic E-state index is 0.122. The fourth-order valence-electron chi connectivity index (χ4n) is 2.39. The second-order valence-electron chi connectivity index (χ2n) is 5.56. The summed E-state index contributed by atoms with van der Waals surface area (Å²) in [6.45, 7) is 2.45. The van der Waals surface area contributed by atoms with Crippen LogP contribution < -0.4 is 10.6 Å². The van der Waals surface area contributed by atoms with Crippen LogP contribution in [0.5, 0.6) is 0 Å². The molecule has 2 N–H and O–H groups in total. The summed E-state index contributed by atoms with van der Waals surface area (Å²) < 4.78 is 1.02. The first-order chi connectivity index (χ1) is 12.6. The minimum atomic E-state index is -0.163. The van der Waals surface area contributed by atoms with E-state index in [9.17, 15) is 9.59 Å². The number of hydrogen-bond acceptors (Lipinski definition) is 3. The lowest BCUT2D eigenvalue weighted by Gasteiger charge is -2.06. The Morgan fingerprint density at radius 1 is 0.923 bits per heavy atom. The molecule has 0 unspecified atom stereocenters. The number of anilines is 1. The SMILES string of the molecule is CCNC(=O)c1ccc(NC(=O)c2ccc(-c3ccc(Br)cc3)s2)cc1. The molecule has 1 aromatic heterocycles. The van der Waals surface area contributed by atoms with Crippen molar-refractivity contribution in [3.8, 4) is 10.4 Å². The van der Waals surface area contributed by atoms with Crippen LogP contribution in [-0.2, 0) is 0 Å². The van der Waals surface area contributed by atoms with Gasteiger partial charge in [0.05, 0.1) is 4.88 Å². The Balaban J connectivity index is 1.68. The fraction of sp³-hybridized carbons (Fsp3) is 0.100. The van der Waals surface area contributed by atoms with E-state index in [2.05, 4.69) is 26.6 Å². The maximum absolute atomic E-state index is 12.4. The van der Waals surface area contributed by atoms with Gasteiger partial charge in [0.2, 0.25) is 0 Å². The second kappa shape index (κ2) is 8.29. The predicted molar refractivity (Wildman–Crippen MR) is 110 cm³/mol. The highest BCUT2D eigenvalue weighted by atomic mass is 79.9. The molecule has 26 heavy (non-hydrogen) atoms. The number of carbonyl (C=O) groups excluding carboxylic acids is 2. The summed E-state index contributed by atoms with van der Waals surface area (Å²) in [4.78, 5) is 25.9. The molecule has 0 aliphatic rings. The van der Waals surface area contributed by atoms with E-state index in [4.69, 9.17) is 0 Å². The number of nitrogens with one attached hydrogen (secondary N) is 2. The van der Waals surface area contributed by atoms with Crippen molar-refractivity contribution in [1.29, 1.82) is 0 Å². The van der Waals surface area contributed by atoms with Crippen LogP contribution in [0.15, 0.2) is 65.1 Å². The Hall–Kier alpha value is -2.44. The maximum atomic E-state index is 12.4. The van der Waals surface area contributed by atoms with Gasteiger partial charge >= 0.3 is 0 Å². The van der Waals surface area contributed by atoms with Gasteiger partial charge in [-0.1, -0.05) is 28.1 Å². The third-order valence-electron chi connectivity index (χ3n) is 3.70. The van der Waals surface area contributed by atoms with Crippen LogP contribution in [0.3, 0.4) is 0 Å². The van der Waals surface area contributed by atoms with Crippen molar-refractivity contribution in [2.75, 3.05) is 11.9 Å². The van der Waals surface area contributed by atoms with Crippen molar-refractivity contribution in [2.45, 2.75) is 6.92 Å². The molecule has 0 radical (unpaired) electrons. The molecule has 0 aliphatic carbocycles. The van der Waals surface area contributed by atoms with Gasteiger partial charge in [0.15, 0.2) is 0 Å². The van der Waals surface area contributed by atoms with E-state index in [1.165, 1.54) is 11.3 Å². The molecule has 6 heteroatoms. The van der Waals surface area contributed by atoms with E-state index >= 15 is 0 Å². The number of hydrogen-bond donors (Lipinski definition) is 2. The zero-order valence-corrected chi connectivity index (χ0v) is 16.5. The van der Waals surface area contributed by atoms with Crippen molar-refractivity contribution in [3.05, 3.63) is 75.6 Å². The molecular formula is C20H17BrN2O2S. The first-order valence-corrected chi connectivity index (χ1v) is 9.73. The van der Waals surface area contributed by atoms with E-state index in [1.54, 1.807) is 24.3 Å². The molecule has 0 atom stereocenters. The van der Waals surface area contributed by atoms with Crippen LogP contribution in [-0.4, -0.2) is 18.4 Å². The summed E-state index contributed by atoms with van der Waals surface area (Å²) >= 11 is 4.86. The van der Waals surface area contributed by atoms with Crippen LogP contribution in [0.25, 0.3) is 10.4 Å². The largest absolute Gasteiger partial charge is 0.352 e. The maximum Gasteiger partial charge on any atom is 0.265 e. The van der Waals surface area contributed by atoms with Gasteiger partial charge in [-0.3, -0.25) is 9.59 Å². The van der Waals surface area contributed by atoms with Crippen molar-refractivity contribution in [3.63, 3.8) is 0 Å². The lowest BCUT2D eigenvalue weighted by atomic mass is 10.2. The van der Waals surface area contributed by atoms with Crippen molar-refractivity contribution in [2.24, 2.45) is 0 Å². The van der Waals surface area contributed by atoms with Crippen LogP contribution >= 0.6 is 27.3 Å². The summed E-state index contributed by atoms with van der Waals surface area (Å²) in [5.41, 5.74) is 2.30. The molecule has 1 heterocycles. The standard InChI is InChI=1S/C20H17BrN2O2S/c1-2-22-19(24)14-5-9-16(10-6-14)23-20(25)18-12-11-17(26-18)13-3-7-15(21)8-4-13/h3-12H,2H2,1H3,(H,22,24)(H,23,25). The average Bonchev–Trinajstić information content (AvgIpc) is 3.13. The normalized spacial score (nSPS) is 10.4. The van der Waals surface area contributed by atoms with E-state index in [1.807, 2.05) is 43.3 Å². The summed E-state index contributed by atoms with van der Waals surface area (Å²) in [5, 5.41) is 5.60. The highest BCUT2D eigenvalue weighted by Gasteiger charge is 2.11. The highest BCUT2D eigenvalue weighted by molar-refractivity contribution is 9.10. The number of halogens is 1. The number of amides is 2. The topological polar surface area (TPSA) is 58.2 Å². The van der Waals surface area contributed by atoms with Gasteiger partial charge in [-0.05, 0) is 61.0 Å². The van der Waals surface area contributed by atoms with Crippen LogP contribution in [0.4, 0.5) is 5.69 Å². The van der Waals surface area contributed by atoms with Gasteiger partial charge in [-0.2, -0.15) is 0 Å². The van der Waals surface area contributed by atoms with Gasteiger partial charge in [-0.25, -0.2) is 0 Å². The highest BCUT2D eigenvalue weighted by Crippen LogP contribution is 2.29. The summed E-state index contributed by atoms with van der Waals surface area (Å²) in [5.74, 6) is -0.285. The summed E-state index contributed by atoms with van der Waals surface area (Å²) in [6.07, 6.45) is 0. The van der Waals surface area contributed by atoms with Crippen LogP contribution in [0.1, 0.15) is 27.0 Å². The zero-order chi connectivity index (χ0) is 18.5. The van der Waals surface area contributed by atoms with E-state index in [0.717, 1.165) is 14.9 Å². The monoisotopic (exact) mass is 428 g/mol. The summed E-state index contributed by atoms with van der Waals surface area (Å²) in [6, 6.07) is 18.6. The number of carbonyl (C=O) groups is 2. The second-order valence-corrected chi connectivity index (χ2v) is 7.56. The van der Waals surface area contributed by atoms with E-state index < -0.39 is 0 Å². The third kappa shape index (κ3) is 4.39. The average molecular weight is 429 g/mol. The Morgan fingerprint density at radius 2 is 1.62 bits per heavy atom. The molecule has 3 aromatic rings. The minimum Gasteiger partial charge on any atom is -0.352 e. The lowest BCUT2D eigenvalue weighted by molar-refractivity contribution is 0.0955. The molecule has 2 aromatic carbocycles. The lowest BCUT2D eigenvalue weighted by Crippen LogP contribution is -2.22. The number of thiophene rings is 1. The number of rotatable bonds is 5. The molecule has 0 saturated carbocycles. The smallest absolute Gasteiger partial charge is 0.265 e. The van der Waals surface area contributed by atoms with E-state index in [0.29, 0.717) is 22.7 Å². The molecule has 0 bridgehead atoms. The molecule has 0 fully saturated rings. The first-order valence-electron chi connectivity index (χ1n) is 8.12. The summed E-state index contributed by atoms with van der Waals surface area (Å²) in [7, 11) is 0. The fourth-order valence-corrected chi connectivity index (χ4v) is 3.56. The Morgan fingerprint density at radius 3 is 2.27 bits per heavy atom. The van der Waals surface area contributed by atoms with Gasteiger partial charge in [0, 0.05) is 27.1 Å². The molecule has 0 aliphatic heterocycles. The molecule has 0 spiro atoms. The Kier molecular flexibility index (Phi) is 5.85. The van der Waals surface area contributed by atoms with Crippen molar-refractivity contribution >= 4 is 44.8 Å². The third-order valence-corrected chi connectivity index (χ3v) is 5.36. The quantitative estimate of drug-likeness (QED) is 0.587. The van der Waals surface area contributed by atoms with E-state index in [-0.39, 0.29) is 11.8 Å². The van der Waals surface area contributed by atoms with Crippen molar-refractivity contribution < 1.29 is 9.59 Å². The predicted octanol–water partition coefficient (Wildman–Crippen LogP) is 5.18. The number of benzene rings is 2. The van der Waals surface area contributed by atoms with Gasteiger partial charge < -0.3 is 10.6 Å². The molecule has 132 valence electrons. The molecule has 4 nitrogen and oxygen atoms in total. The van der Waals surface area contributed by atoms with Gasteiger partial charge in [0.25, 0.3) is 11.8 Å². The Bertz CT molecular complexity index is 918. The molecule has 3 rings (SSSR count).